The second-order valence-corrected chi connectivity index (χ2v) is 5.44. The van der Waals surface area contributed by atoms with Gasteiger partial charge in [-0.3, -0.25) is 4.98 Å². The average molecular weight is 220 g/mol. The molecule has 4 heteroatoms. The molecule has 0 spiro atoms. The van der Waals surface area contributed by atoms with Crippen molar-refractivity contribution in [3.63, 3.8) is 0 Å². The number of benzene rings is 1. The van der Waals surface area contributed by atoms with Crippen molar-refractivity contribution in [3.05, 3.63) is 42.9 Å². The highest BCUT2D eigenvalue weighted by Crippen LogP contribution is 2.17. The first-order chi connectivity index (χ1) is 6.97. The lowest BCUT2D eigenvalue weighted by Crippen LogP contribution is -1.96. The number of hydrogen-bond donors (Lipinski definition) is 0. The molecule has 0 N–H and O–H groups in total. The topological polar surface area (TPSA) is 47.0 Å². The van der Waals surface area contributed by atoms with Crippen molar-refractivity contribution in [2.24, 2.45) is 0 Å². The molecule has 0 aliphatic carbocycles. The minimum Gasteiger partial charge on any atom is -0.253 e. The molecule has 2 rings (SSSR count). The SMILES string of the molecule is [CH2]c1ccc2cc(S(C)(=O)=O)ccc2n1. The van der Waals surface area contributed by atoms with Crippen LogP contribution >= 0.6 is 0 Å². The van der Waals surface area contributed by atoms with E-state index in [0.717, 1.165) is 10.9 Å². The number of pyridine rings is 1. The third-order valence-electron chi connectivity index (χ3n) is 2.15. The fraction of sp³-hybridized carbons (Fsp3) is 0.0909. The van der Waals surface area contributed by atoms with Gasteiger partial charge in [0.2, 0.25) is 0 Å². The Morgan fingerprint density at radius 2 is 1.93 bits per heavy atom. The molecule has 0 amide bonds. The molecule has 0 aliphatic heterocycles. The molecule has 77 valence electrons. The Bertz CT molecular complexity index is 618. The lowest BCUT2D eigenvalue weighted by Gasteiger charge is -2.01. The molecule has 1 heterocycles. The predicted octanol–water partition coefficient (Wildman–Crippen LogP) is 1.82. The molecule has 0 aliphatic rings. The monoisotopic (exact) mass is 220 g/mol. The zero-order chi connectivity index (χ0) is 11.1. The summed E-state index contributed by atoms with van der Waals surface area (Å²) in [6.45, 7) is 3.71. The predicted molar refractivity (Wildman–Crippen MR) is 59.3 cm³/mol. The van der Waals surface area contributed by atoms with Crippen molar-refractivity contribution in [2.45, 2.75) is 4.90 Å². The number of fused-ring (bicyclic) bond motifs is 1. The van der Waals surface area contributed by atoms with Crippen LogP contribution in [0.3, 0.4) is 0 Å². The Morgan fingerprint density at radius 3 is 2.60 bits per heavy atom. The quantitative estimate of drug-likeness (QED) is 0.736. The van der Waals surface area contributed by atoms with Gasteiger partial charge in [0.15, 0.2) is 9.84 Å². The van der Waals surface area contributed by atoms with E-state index in [4.69, 9.17) is 0 Å². The van der Waals surface area contributed by atoms with Gasteiger partial charge in [-0.1, -0.05) is 6.07 Å². The van der Waals surface area contributed by atoms with E-state index in [-0.39, 0.29) is 0 Å². The molecule has 0 unspecified atom stereocenters. The molecule has 0 saturated heterocycles. The Morgan fingerprint density at radius 1 is 1.20 bits per heavy atom. The lowest BCUT2D eigenvalue weighted by atomic mass is 10.2. The maximum atomic E-state index is 11.3. The van der Waals surface area contributed by atoms with Gasteiger partial charge in [-0.25, -0.2) is 8.42 Å². The fourth-order valence-electron chi connectivity index (χ4n) is 1.38. The van der Waals surface area contributed by atoms with Gasteiger partial charge < -0.3 is 0 Å². The first kappa shape index (κ1) is 10.1. The molecule has 0 fully saturated rings. The van der Waals surface area contributed by atoms with Crippen molar-refractivity contribution in [3.8, 4) is 0 Å². The Kier molecular flexibility index (Phi) is 2.23. The van der Waals surface area contributed by atoms with E-state index in [0.29, 0.717) is 10.6 Å². The van der Waals surface area contributed by atoms with Gasteiger partial charge in [0, 0.05) is 17.3 Å². The van der Waals surface area contributed by atoms with Gasteiger partial charge in [0.25, 0.3) is 0 Å². The highest BCUT2D eigenvalue weighted by Gasteiger charge is 2.07. The Labute approximate surface area is 88.7 Å². The summed E-state index contributed by atoms with van der Waals surface area (Å²) in [6, 6.07) is 8.45. The smallest absolute Gasteiger partial charge is 0.175 e. The summed E-state index contributed by atoms with van der Waals surface area (Å²) < 4.78 is 22.6. The number of rotatable bonds is 1. The Hall–Kier alpha value is -1.42. The van der Waals surface area contributed by atoms with Crippen molar-refractivity contribution in [2.75, 3.05) is 6.26 Å². The standard InChI is InChI=1S/C11H10NO2S/c1-8-3-4-9-7-10(15(2,13)14)5-6-11(9)12-8/h3-7H,1H2,2H3. The van der Waals surface area contributed by atoms with Crippen molar-refractivity contribution in [1.82, 2.24) is 4.98 Å². The molecule has 2 aromatic rings. The van der Waals surface area contributed by atoms with Crippen molar-refractivity contribution >= 4 is 20.7 Å². The van der Waals surface area contributed by atoms with Crippen LogP contribution in [0.2, 0.25) is 0 Å². The molecule has 0 atom stereocenters. The summed E-state index contributed by atoms with van der Waals surface area (Å²) in [7, 11) is -3.15. The molecule has 1 aromatic heterocycles. The van der Waals surface area contributed by atoms with Crippen LogP contribution in [0.5, 0.6) is 0 Å². The van der Waals surface area contributed by atoms with Crippen LogP contribution in [0.15, 0.2) is 35.2 Å². The zero-order valence-corrected chi connectivity index (χ0v) is 9.08. The highest BCUT2D eigenvalue weighted by molar-refractivity contribution is 7.90. The molecule has 0 bridgehead atoms. The molecule has 15 heavy (non-hydrogen) atoms. The van der Waals surface area contributed by atoms with E-state index in [2.05, 4.69) is 11.9 Å². The minimum absolute atomic E-state index is 0.314. The summed E-state index contributed by atoms with van der Waals surface area (Å²) in [5.41, 5.74) is 1.43. The van der Waals surface area contributed by atoms with E-state index < -0.39 is 9.84 Å². The zero-order valence-electron chi connectivity index (χ0n) is 8.27. The van der Waals surface area contributed by atoms with Crippen LogP contribution in [0, 0.1) is 6.92 Å². The van der Waals surface area contributed by atoms with Crippen LogP contribution in [0.25, 0.3) is 10.9 Å². The third kappa shape index (κ3) is 1.99. The number of sulfone groups is 1. The summed E-state index contributed by atoms with van der Waals surface area (Å²) in [5.74, 6) is 0. The van der Waals surface area contributed by atoms with Gasteiger partial charge in [-0.05, 0) is 31.2 Å². The second-order valence-electron chi connectivity index (χ2n) is 3.43. The number of aromatic nitrogens is 1. The summed E-state index contributed by atoms with van der Waals surface area (Å²) in [6.07, 6.45) is 1.19. The first-order valence-electron chi connectivity index (χ1n) is 4.40. The van der Waals surface area contributed by atoms with E-state index in [1.165, 1.54) is 6.26 Å². The molecule has 1 radical (unpaired) electrons. The fourth-order valence-corrected chi connectivity index (χ4v) is 2.03. The van der Waals surface area contributed by atoms with Crippen LogP contribution in [-0.2, 0) is 9.84 Å². The molecular weight excluding hydrogens is 210 g/mol. The second kappa shape index (κ2) is 3.31. The molecule has 1 aromatic carbocycles. The Balaban J connectivity index is 2.73. The summed E-state index contributed by atoms with van der Waals surface area (Å²) >= 11 is 0. The maximum Gasteiger partial charge on any atom is 0.175 e. The molecular formula is C11H10NO2S. The highest BCUT2D eigenvalue weighted by atomic mass is 32.2. The van der Waals surface area contributed by atoms with Gasteiger partial charge in [0.05, 0.1) is 10.4 Å². The van der Waals surface area contributed by atoms with E-state index in [1.54, 1.807) is 24.3 Å². The summed E-state index contributed by atoms with van der Waals surface area (Å²) in [5, 5.41) is 0.810. The van der Waals surface area contributed by atoms with Gasteiger partial charge >= 0.3 is 0 Å². The third-order valence-corrected chi connectivity index (χ3v) is 3.26. The number of nitrogens with zero attached hydrogens (tertiary/aromatic N) is 1. The minimum atomic E-state index is -3.15. The normalized spacial score (nSPS) is 11.9. The molecule has 0 saturated carbocycles. The van der Waals surface area contributed by atoms with Crippen LogP contribution in [0.1, 0.15) is 5.69 Å². The van der Waals surface area contributed by atoms with E-state index >= 15 is 0 Å². The summed E-state index contributed by atoms with van der Waals surface area (Å²) in [4.78, 5) is 4.51. The van der Waals surface area contributed by atoms with E-state index in [9.17, 15) is 8.42 Å². The van der Waals surface area contributed by atoms with Gasteiger partial charge in [0.1, 0.15) is 0 Å². The van der Waals surface area contributed by atoms with Crippen LogP contribution < -0.4 is 0 Å². The van der Waals surface area contributed by atoms with Gasteiger partial charge in [-0.2, -0.15) is 0 Å². The van der Waals surface area contributed by atoms with Crippen LogP contribution in [0.4, 0.5) is 0 Å². The molecule has 3 nitrogen and oxygen atoms in total. The van der Waals surface area contributed by atoms with Crippen LogP contribution in [-0.4, -0.2) is 19.7 Å². The first-order valence-corrected chi connectivity index (χ1v) is 6.29. The van der Waals surface area contributed by atoms with Crippen molar-refractivity contribution in [1.29, 1.82) is 0 Å². The van der Waals surface area contributed by atoms with Gasteiger partial charge in [-0.15, -0.1) is 0 Å². The lowest BCUT2D eigenvalue weighted by molar-refractivity contribution is 0.602. The average Bonchev–Trinajstić information content (AvgIpc) is 2.15. The largest absolute Gasteiger partial charge is 0.253 e. The number of hydrogen-bond acceptors (Lipinski definition) is 3. The van der Waals surface area contributed by atoms with E-state index in [1.807, 2.05) is 6.07 Å². The van der Waals surface area contributed by atoms with Crippen molar-refractivity contribution < 1.29 is 8.42 Å². The maximum absolute atomic E-state index is 11.3.